The quantitative estimate of drug-likeness (QED) is 0.720. The van der Waals surface area contributed by atoms with Gasteiger partial charge in [-0.1, -0.05) is 0 Å². The molecule has 1 amide bonds. The smallest absolute Gasteiger partial charge is 0.260 e. The summed E-state index contributed by atoms with van der Waals surface area (Å²) in [5.41, 5.74) is 1.04. The van der Waals surface area contributed by atoms with Crippen molar-refractivity contribution in [2.75, 3.05) is 13.1 Å². The maximum Gasteiger partial charge on any atom is 0.260 e. The second-order valence-corrected chi connectivity index (χ2v) is 6.91. The van der Waals surface area contributed by atoms with Gasteiger partial charge in [0.25, 0.3) is 11.5 Å². The van der Waals surface area contributed by atoms with Crippen LogP contribution in [0.4, 0.5) is 0 Å². The fraction of sp³-hybridized carbons (Fsp3) is 0.368. The zero-order valence-corrected chi connectivity index (χ0v) is 14.7. The highest BCUT2D eigenvalue weighted by molar-refractivity contribution is 5.97. The number of imidazole rings is 1. The highest BCUT2D eigenvalue weighted by Gasteiger charge is 2.25. The van der Waals surface area contributed by atoms with Crippen LogP contribution in [-0.2, 0) is 13.6 Å². The average Bonchev–Trinajstić information content (AvgIpc) is 3.17. The van der Waals surface area contributed by atoms with Crippen LogP contribution in [0.1, 0.15) is 23.2 Å². The van der Waals surface area contributed by atoms with Crippen molar-refractivity contribution < 1.29 is 4.79 Å². The van der Waals surface area contributed by atoms with Gasteiger partial charge in [-0.05, 0) is 37.0 Å². The number of likely N-dealkylation sites (tertiary alicyclic amines) is 1. The number of benzene rings is 1. The molecule has 2 aromatic heterocycles. The first-order valence-corrected chi connectivity index (χ1v) is 8.82. The summed E-state index contributed by atoms with van der Waals surface area (Å²) >= 11 is 0. The third-order valence-corrected chi connectivity index (χ3v) is 5.00. The molecule has 0 saturated carbocycles. The normalized spacial score (nSPS) is 17.6. The lowest BCUT2D eigenvalue weighted by Crippen LogP contribution is -2.41. The molecule has 1 atom stereocenters. The molecule has 0 unspecified atom stereocenters. The van der Waals surface area contributed by atoms with Crippen molar-refractivity contribution in [1.82, 2.24) is 24.0 Å². The molecule has 1 aromatic carbocycles. The van der Waals surface area contributed by atoms with E-state index in [4.69, 9.17) is 0 Å². The zero-order chi connectivity index (χ0) is 18.1. The Morgan fingerprint density at radius 3 is 3.00 bits per heavy atom. The number of aryl methyl sites for hydroxylation is 1. The molecule has 3 heterocycles. The Morgan fingerprint density at radius 1 is 1.31 bits per heavy atom. The number of piperidine rings is 1. The van der Waals surface area contributed by atoms with E-state index in [9.17, 15) is 9.59 Å². The molecule has 1 aliphatic heterocycles. The maximum absolute atomic E-state index is 12.9. The van der Waals surface area contributed by atoms with Gasteiger partial charge in [-0.25, -0.2) is 9.97 Å². The summed E-state index contributed by atoms with van der Waals surface area (Å²) in [6, 6.07) is 5.15. The summed E-state index contributed by atoms with van der Waals surface area (Å²) in [6.07, 6.45) is 9.14. The summed E-state index contributed by atoms with van der Waals surface area (Å²) in [5.74, 6) is 0.428. The van der Waals surface area contributed by atoms with Gasteiger partial charge in [0.15, 0.2) is 0 Å². The highest BCUT2D eigenvalue weighted by Crippen LogP contribution is 2.21. The van der Waals surface area contributed by atoms with Crippen LogP contribution in [0.5, 0.6) is 0 Å². The van der Waals surface area contributed by atoms with Crippen LogP contribution >= 0.6 is 0 Å². The minimum absolute atomic E-state index is 0.00436. The SMILES string of the molecule is Cn1cnc2cc(C(=O)N3CCC[C@@H](Cn4ccnc4)C3)ccc2c1=O. The van der Waals surface area contributed by atoms with E-state index < -0.39 is 0 Å². The van der Waals surface area contributed by atoms with Gasteiger partial charge < -0.3 is 14.0 Å². The van der Waals surface area contributed by atoms with Gasteiger partial charge in [0, 0.05) is 44.6 Å². The zero-order valence-electron chi connectivity index (χ0n) is 14.7. The standard InChI is InChI=1S/C19H21N5O2/c1-22-13-21-17-9-15(4-5-16(17)19(22)26)18(25)24-7-2-3-14(11-24)10-23-8-6-20-12-23/h4-6,8-9,12-14H,2-3,7,10-11H2,1H3/t14-/m0/s1. The molecule has 134 valence electrons. The van der Waals surface area contributed by atoms with Crippen LogP contribution in [-0.4, -0.2) is 43.0 Å². The number of carbonyl (C=O) groups is 1. The molecular weight excluding hydrogens is 330 g/mol. The molecule has 0 spiro atoms. The molecule has 3 aromatic rings. The Morgan fingerprint density at radius 2 is 2.19 bits per heavy atom. The number of hydrogen-bond acceptors (Lipinski definition) is 4. The minimum Gasteiger partial charge on any atom is -0.338 e. The Bertz CT molecular complexity index is 993. The monoisotopic (exact) mass is 351 g/mol. The predicted molar refractivity (Wildman–Crippen MR) is 97.8 cm³/mol. The second kappa shape index (κ2) is 6.74. The third-order valence-electron chi connectivity index (χ3n) is 5.00. The van der Waals surface area contributed by atoms with E-state index in [2.05, 4.69) is 14.5 Å². The molecule has 1 fully saturated rings. The first kappa shape index (κ1) is 16.5. The molecule has 7 heteroatoms. The van der Waals surface area contributed by atoms with Gasteiger partial charge in [0.2, 0.25) is 0 Å². The molecule has 1 saturated heterocycles. The maximum atomic E-state index is 12.9. The van der Waals surface area contributed by atoms with E-state index in [1.165, 1.54) is 10.9 Å². The Balaban J connectivity index is 1.54. The van der Waals surface area contributed by atoms with Crippen LogP contribution in [0, 0.1) is 5.92 Å². The average molecular weight is 351 g/mol. The lowest BCUT2D eigenvalue weighted by Gasteiger charge is -2.33. The number of carbonyl (C=O) groups excluding carboxylic acids is 1. The molecule has 7 nitrogen and oxygen atoms in total. The van der Waals surface area contributed by atoms with E-state index in [1.807, 2.05) is 17.4 Å². The van der Waals surface area contributed by atoms with Crippen molar-refractivity contribution >= 4 is 16.8 Å². The first-order valence-electron chi connectivity index (χ1n) is 8.82. The lowest BCUT2D eigenvalue weighted by molar-refractivity contribution is 0.0662. The fourth-order valence-electron chi connectivity index (χ4n) is 3.62. The van der Waals surface area contributed by atoms with E-state index in [0.717, 1.165) is 32.5 Å². The number of amides is 1. The van der Waals surface area contributed by atoms with E-state index >= 15 is 0 Å². The number of hydrogen-bond donors (Lipinski definition) is 0. The Labute approximate surface area is 150 Å². The van der Waals surface area contributed by atoms with Crippen molar-refractivity contribution in [3.05, 3.63) is 59.2 Å². The highest BCUT2D eigenvalue weighted by atomic mass is 16.2. The van der Waals surface area contributed by atoms with Gasteiger partial charge in [0.05, 0.1) is 23.6 Å². The molecule has 0 bridgehead atoms. The summed E-state index contributed by atoms with van der Waals surface area (Å²) in [4.78, 5) is 35.3. The largest absolute Gasteiger partial charge is 0.338 e. The predicted octanol–water partition coefficient (Wildman–Crippen LogP) is 1.68. The summed E-state index contributed by atoms with van der Waals surface area (Å²) in [5, 5.41) is 0.531. The Kier molecular flexibility index (Phi) is 4.28. The van der Waals surface area contributed by atoms with Gasteiger partial charge in [0.1, 0.15) is 0 Å². The first-order chi connectivity index (χ1) is 12.6. The van der Waals surface area contributed by atoms with Gasteiger partial charge in [-0.15, -0.1) is 0 Å². The number of fused-ring (bicyclic) bond motifs is 1. The third kappa shape index (κ3) is 3.12. The topological polar surface area (TPSA) is 73.0 Å². The van der Waals surface area contributed by atoms with E-state index in [-0.39, 0.29) is 11.5 Å². The van der Waals surface area contributed by atoms with Gasteiger partial charge >= 0.3 is 0 Å². The van der Waals surface area contributed by atoms with E-state index in [1.54, 1.807) is 31.4 Å². The lowest BCUT2D eigenvalue weighted by atomic mass is 9.97. The van der Waals surface area contributed by atoms with Crippen LogP contribution < -0.4 is 5.56 Å². The summed E-state index contributed by atoms with van der Waals surface area (Å²) in [7, 11) is 1.67. The van der Waals surface area contributed by atoms with Crippen LogP contribution in [0.2, 0.25) is 0 Å². The summed E-state index contributed by atoms with van der Waals surface area (Å²) < 4.78 is 3.50. The van der Waals surface area contributed by atoms with Crippen molar-refractivity contribution in [2.24, 2.45) is 13.0 Å². The molecule has 4 rings (SSSR count). The number of aromatic nitrogens is 4. The fourth-order valence-corrected chi connectivity index (χ4v) is 3.62. The number of nitrogens with zero attached hydrogens (tertiary/aromatic N) is 5. The molecular formula is C19H21N5O2. The molecule has 0 aliphatic carbocycles. The van der Waals surface area contributed by atoms with Gasteiger partial charge in [-0.3, -0.25) is 9.59 Å². The summed E-state index contributed by atoms with van der Waals surface area (Å²) in [6.45, 7) is 2.37. The molecule has 0 N–H and O–H groups in total. The van der Waals surface area contributed by atoms with Crippen molar-refractivity contribution in [3.63, 3.8) is 0 Å². The Hall–Kier alpha value is -2.96. The van der Waals surface area contributed by atoms with Crippen molar-refractivity contribution in [2.45, 2.75) is 19.4 Å². The molecule has 26 heavy (non-hydrogen) atoms. The molecule has 0 radical (unpaired) electrons. The van der Waals surface area contributed by atoms with Crippen LogP contribution in [0.3, 0.4) is 0 Å². The number of rotatable bonds is 3. The van der Waals surface area contributed by atoms with Crippen LogP contribution in [0.25, 0.3) is 10.9 Å². The second-order valence-electron chi connectivity index (χ2n) is 6.91. The van der Waals surface area contributed by atoms with Crippen LogP contribution in [0.15, 0.2) is 48.0 Å². The van der Waals surface area contributed by atoms with Gasteiger partial charge in [-0.2, -0.15) is 0 Å². The minimum atomic E-state index is -0.104. The van der Waals surface area contributed by atoms with Crippen molar-refractivity contribution in [1.29, 1.82) is 0 Å². The van der Waals surface area contributed by atoms with Crippen molar-refractivity contribution in [3.8, 4) is 0 Å². The molecule has 1 aliphatic rings. The van der Waals surface area contributed by atoms with E-state index in [0.29, 0.717) is 22.4 Å².